The second-order valence-corrected chi connectivity index (χ2v) is 13.8. The van der Waals surface area contributed by atoms with Gasteiger partial charge in [-0.1, -0.05) is 89.2 Å². The Bertz CT molecular complexity index is 1480. The minimum absolute atomic E-state index is 0.103. The Hall–Kier alpha value is -3.89. The Labute approximate surface area is 254 Å². The Morgan fingerprint density at radius 3 is 2.14 bits per heavy atom. The first-order chi connectivity index (χ1) is 20.1. The summed E-state index contributed by atoms with van der Waals surface area (Å²) >= 11 is 0. The lowest BCUT2D eigenvalue weighted by Crippen LogP contribution is -2.48. The maximum atomic E-state index is 12.8. The largest absolute Gasteiger partial charge is 0.493 e. The highest BCUT2D eigenvalue weighted by molar-refractivity contribution is 7.89. The first-order valence-electron chi connectivity index (χ1n) is 14.2. The fraction of sp³-hybridized carbons (Fsp3) is 0.394. The van der Waals surface area contributed by atoms with Gasteiger partial charge in [-0.25, -0.2) is 17.9 Å². The number of hydrogen-bond donors (Lipinski definition) is 3. The molecule has 3 N–H and O–H groups in total. The summed E-state index contributed by atoms with van der Waals surface area (Å²) < 4.78 is 36.3. The molecule has 0 radical (unpaired) electrons. The van der Waals surface area contributed by atoms with Gasteiger partial charge in [0.1, 0.15) is 5.75 Å². The molecule has 0 aliphatic carbocycles. The van der Waals surface area contributed by atoms with E-state index in [1.165, 1.54) is 0 Å². The molecule has 0 fully saturated rings. The molecule has 9 nitrogen and oxygen atoms in total. The lowest BCUT2D eigenvalue weighted by Gasteiger charge is -2.35. The van der Waals surface area contributed by atoms with E-state index in [0.717, 1.165) is 22.9 Å². The predicted octanol–water partition coefficient (Wildman–Crippen LogP) is 5.49. The number of carbonyl (C=O) groups excluding carboxylic acids is 2. The van der Waals surface area contributed by atoms with Gasteiger partial charge in [-0.2, -0.15) is 0 Å². The Morgan fingerprint density at radius 2 is 1.56 bits per heavy atom. The number of alkyl carbamates (subject to hydrolysis) is 1. The molecule has 10 heteroatoms. The number of sulfonamides is 1. The highest BCUT2D eigenvalue weighted by Gasteiger charge is 2.34. The molecule has 43 heavy (non-hydrogen) atoms. The van der Waals surface area contributed by atoms with Gasteiger partial charge in [0.05, 0.1) is 31.6 Å². The molecule has 0 aliphatic rings. The summed E-state index contributed by atoms with van der Waals surface area (Å²) in [6.45, 7) is 10.5. The fourth-order valence-electron chi connectivity index (χ4n) is 4.41. The molecular formula is C33H42N2O7S. The number of aliphatic hydroxyl groups excluding tert-OH is 1. The number of carbonyl (C=O) groups is 2. The Kier molecular flexibility index (Phi) is 11.4. The minimum atomic E-state index is -3.66. The molecular weight excluding hydrogens is 568 g/mol. The molecule has 2 atom stereocenters. The molecule has 0 heterocycles. The number of rotatable bonds is 12. The smallest absolute Gasteiger partial charge is 0.407 e. The van der Waals surface area contributed by atoms with Crippen LogP contribution < -0.4 is 14.8 Å². The van der Waals surface area contributed by atoms with Crippen molar-refractivity contribution in [1.29, 1.82) is 0 Å². The third-order valence-corrected chi connectivity index (χ3v) is 7.22. The SMILES string of the molecule is CC(C)COc1cc(-c2ccc(C(=O)NS(C)(=O)=O)cc2)ccc1CCOC(=O)NC([C@H](O)c1ccccc1)C(C)(C)C. The van der Waals surface area contributed by atoms with Crippen LogP contribution in [0.2, 0.25) is 0 Å². The van der Waals surface area contributed by atoms with Gasteiger partial charge in [-0.3, -0.25) is 4.79 Å². The Balaban J connectivity index is 1.70. The zero-order valence-corrected chi connectivity index (χ0v) is 26.4. The van der Waals surface area contributed by atoms with Crippen molar-refractivity contribution < 1.29 is 32.6 Å². The van der Waals surface area contributed by atoms with Crippen molar-refractivity contribution in [2.45, 2.75) is 53.2 Å². The highest BCUT2D eigenvalue weighted by Crippen LogP contribution is 2.31. The van der Waals surface area contributed by atoms with E-state index in [1.807, 2.05) is 87.9 Å². The van der Waals surface area contributed by atoms with E-state index >= 15 is 0 Å². The average Bonchev–Trinajstić information content (AvgIpc) is 2.94. The van der Waals surface area contributed by atoms with E-state index in [-0.39, 0.29) is 18.1 Å². The van der Waals surface area contributed by atoms with Crippen molar-refractivity contribution >= 4 is 22.0 Å². The van der Waals surface area contributed by atoms with E-state index in [4.69, 9.17) is 9.47 Å². The maximum Gasteiger partial charge on any atom is 0.407 e. The van der Waals surface area contributed by atoms with Crippen LogP contribution >= 0.6 is 0 Å². The van der Waals surface area contributed by atoms with Gasteiger partial charge < -0.3 is 19.9 Å². The van der Waals surface area contributed by atoms with Crippen LogP contribution in [0, 0.1) is 11.3 Å². The van der Waals surface area contributed by atoms with E-state index in [1.54, 1.807) is 24.3 Å². The van der Waals surface area contributed by atoms with E-state index < -0.39 is 39.6 Å². The summed E-state index contributed by atoms with van der Waals surface area (Å²) in [5, 5.41) is 13.8. The predicted molar refractivity (Wildman–Crippen MR) is 167 cm³/mol. The maximum absolute atomic E-state index is 12.8. The lowest BCUT2D eigenvalue weighted by molar-refractivity contribution is 0.0613. The first-order valence-corrected chi connectivity index (χ1v) is 16.1. The Morgan fingerprint density at radius 1 is 0.930 bits per heavy atom. The van der Waals surface area contributed by atoms with Gasteiger partial charge in [0.15, 0.2) is 0 Å². The van der Waals surface area contributed by atoms with Gasteiger partial charge in [0.2, 0.25) is 10.0 Å². The van der Waals surface area contributed by atoms with Crippen molar-refractivity contribution in [2.24, 2.45) is 11.3 Å². The minimum Gasteiger partial charge on any atom is -0.493 e. The van der Waals surface area contributed by atoms with E-state index in [9.17, 15) is 23.1 Å². The molecule has 0 bridgehead atoms. The van der Waals surface area contributed by atoms with Crippen molar-refractivity contribution in [1.82, 2.24) is 10.0 Å². The molecule has 3 aromatic carbocycles. The van der Waals surface area contributed by atoms with Crippen LogP contribution in [0.5, 0.6) is 5.75 Å². The first kappa shape index (κ1) is 33.6. The van der Waals surface area contributed by atoms with Gasteiger partial charge in [-0.05, 0) is 51.8 Å². The van der Waals surface area contributed by atoms with Crippen LogP contribution in [-0.4, -0.2) is 51.0 Å². The summed E-state index contributed by atoms with van der Waals surface area (Å²) in [6, 6.07) is 20.9. The molecule has 2 amide bonds. The highest BCUT2D eigenvalue weighted by atomic mass is 32.2. The molecule has 3 rings (SSSR count). The number of nitrogens with one attached hydrogen (secondary N) is 2. The van der Waals surface area contributed by atoms with Gasteiger partial charge in [-0.15, -0.1) is 0 Å². The normalized spacial score (nSPS) is 13.2. The zero-order valence-electron chi connectivity index (χ0n) is 25.6. The topological polar surface area (TPSA) is 131 Å². The van der Waals surface area contributed by atoms with Gasteiger partial charge in [0.25, 0.3) is 5.91 Å². The van der Waals surface area contributed by atoms with Crippen LogP contribution in [0.4, 0.5) is 4.79 Å². The standard InChI is InChI=1S/C33H42N2O7S/c1-22(2)21-42-28-20-27(23-12-15-26(16-13-23)31(37)35-43(6,39)40)17-14-24(28)18-19-41-32(38)34-30(33(3,4)5)29(36)25-10-8-7-9-11-25/h7-17,20,22,29-30,36H,18-19,21H2,1-6H3,(H,34,38)(H,35,37)/t29-,30?/m1/s1. The zero-order chi connectivity index (χ0) is 31.8. The third-order valence-electron chi connectivity index (χ3n) is 6.67. The summed E-state index contributed by atoms with van der Waals surface area (Å²) in [6.07, 6.45) is -0.181. The van der Waals surface area contributed by atoms with Crippen LogP contribution in [0.15, 0.2) is 72.8 Å². The molecule has 0 spiro atoms. The van der Waals surface area contributed by atoms with Crippen molar-refractivity contribution in [3.8, 4) is 16.9 Å². The molecule has 1 unspecified atom stereocenters. The second kappa shape index (κ2) is 14.5. The number of ether oxygens (including phenoxy) is 2. The number of amides is 2. The van der Waals surface area contributed by atoms with E-state index in [0.29, 0.717) is 24.3 Å². The van der Waals surface area contributed by atoms with Crippen LogP contribution in [0.25, 0.3) is 11.1 Å². The quantitative estimate of drug-likeness (QED) is 0.247. The average molecular weight is 611 g/mol. The molecule has 0 saturated heterocycles. The fourth-order valence-corrected chi connectivity index (χ4v) is 4.86. The van der Waals surface area contributed by atoms with Gasteiger partial charge in [0, 0.05) is 12.0 Å². The second-order valence-electron chi connectivity index (χ2n) is 12.0. The third kappa shape index (κ3) is 10.4. The number of benzene rings is 3. The van der Waals surface area contributed by atoms with Crippen LogP contribution in [0.3, 0.4) is 0 Å². The van der Waals surface area contributed by atoms with Crippen molar-refractivity contribution in [2.75, 3.05) is 19.5 Å². The number of aliphatic hydroxyl groups is 1. The summed E-state index contributed by atoms with van der Waals surface area (Å²) in [7, 11) is -3.66. The molecule has 0 saturated carbocycles. The summed E-state index contributed by atoms with van der Waals surface area (Å²) in [5.41, 5.74) is 3.02. The summed E-state index contributed by atoms with van der Waals surface area (Å²) in [4.78, 5) is 24.9. The molecule has 232 valence electrons. The van der Waals surface area contributed by atoms with Crippen molar-refractivity contribution in [3.63, 3.8) is 0 Å². The monoisotopic (exact) mass is 610 g/mol. The van der Waals surface area contributed by atoms with E-state index in [2.05, 4.69) is 5.32 Å². The molecule has 0 aromatic heterocycles. The van der Waals surface area contributed by atoms with Crippen molar-refractivity contribution in [3.05, 3.63) is 89.5 Å². The summed E-state index contributed by atoms with van der Waals surface area (Å²) in [5.74, 6) is 0.246. The van der Waals surface area contributed by atoms with Crippen LogP contribution in [0.1, 0.15) is 62.2 Å². The lowest BCUT2D eigenvalue weighted by atomic mass is 9.81. The molecule has 3 aromatic rings. The molecule has 0 aliphatic heterocycles. The van der Waals surface area contributed by atoms with Crippen LogP contribution in [-0.2, 0) is 21.2 Å². The number of hydrogen-bond acceptors (Lipinski definition) is 7. The van der Waals surface area contributed by atoms with Gasteiger partial charge >= 0.3 is 6.09 Å².